The van der Waals surface area contributed by atoms with Crippen LogP contribution in [-0.2, 0) is 13.2 Å². The molecule has 0 saturated carbocycles. The molecule has 2 amide bonds. The van der Waals surface area contributed by atoms with Gasteiger partial charge in [-0.05, 0) is 19.9 Å². The number of hydrogen-bond acceptors (Lipinski definition) is 4. The van der Waals surface area contributed by atoms with Crippen LogP contribution in [0, 0.1) is 0 Å². The maximum absolute atomic E-state index is 12.9. The summed E-state index contributed by atoms with van der Waals surface area (Å²) in [4.78, 5) is 30.3. The monoisotopic (exact) mass is 376 g/mol. The van der Waals surface area contributed by atoms with Crippen molar-refractivity contribution in [3.05, 3.63) is 16.3 Å². The van der Waals surface area contributed by atoms with Crippen molar-refractivity contribution in [2.24, 2.45) is 7.05 Å². The lowest BCUT2D eigenvalue weighted by atomic mass is 10.1. The molecule has 0 atom stereocenters. The highest BCUT2D eigenvalue weighted by Gasteiger charge is 2.39. The molecule has 0 radical (unpaired) electrons. The Kier molecular flexibility index (Phi) is 5.00. The minimum absolute atomic E-state index is 0.0408. The lowest BCUT2D eigenvalue weighted by Gasteiger charge is -2.38. The standard InChI is InChI=1S/C15H23F3N6O2/c1-20-7-9-23(10-8-20)14(26)22-5-3-11(4-6-22)24-13(25)21(2)12(19-24)15(16,17)18/h11H,3-10H2,1-2H3. The topological polar surface area (TPSA) is 66.6 Å². The van der Waals surface area contributed by atoms with Gasteiger partial charge in [0.1, 0.15) is 0 Å². The zero-order valence-corrected chi connectivity index (χ0v) is 14.9. The van der Waals surface area contributed by atoms with Gasteiger partial charge in [-0.15, -0.1) is 5.10 Å². The normalized spacial score (nSPS) is 20.7. The van der Waals surface area contributed by atoms with Crippen molar-refractivity contribution in [2.45, 2.75) is 25.1 Å². The number of urea groups is 1. The second-order valence-corrected chi connectivity index (χ2v) is 6.90. The Balaban J connectivity index is 1.64. The van der Waals surface area contributed by atoms with Gasteiger partial charge in [-0.1, -0.05) is 0 Å². The predicted octanol–water partition coefficient (Wildman–Crippen LogP) is 0.605. The van der Waals surface area contributed by atoms with Crippen molar-refractivity contribution in [3.63, 3.8) is 0 Å². The first-order valence-corrected chi connectivity index (χ1v) is 8.63. The Labute approximate surface area is 148 Å². The number of aromatic nitrogens is 3. The number of carbonyl (C=O) groups excluding carboxylic acids is 1. The predicted molar refractivity (Wildman–Crippen MR) is 86.8 cm³/mol. The molecule has 3 rings (SSSR count). The first-order valence-electron chi connectivity index (χ1n) is 8.63. The van der Waals surface area contributed by atoms with Crippen LogP contribution >= 0.6 is 0 Å². The molecule has 11 heteroatoms. The van der Waals surface area contributed by atoms with Crippen LogP contribution in [0.15, 0.2) is 4.79 Å². The van der Waals surface area contributed by atoms with Gasteiger partial charge in [0.25, 0.3) is 0 Å². The maximum Gasteiger partial charge on any atom is 0.451 e. The van der Waals surface area contributed by atoms with Crippen LogP contribution in [0.5, 0.6) is 0 Å². The zero-order chi connectivity index (χ0) is 19.1. The molecule has 1 aromatic rings. The quantitative estimate of drug-likeness (QED) is 0.720. The molecule has 2 aliphatic heterocycles. The van der Waals surface area contributed by atoms with Gasteiger partial charge < -0.3 is 14.7 Å². The van der Waals surface area contributed by atoms with E-state index in [1.54, 1.807) is 9.80 Å². The number of hydrogen-bond donors (Lipinski definition) is 0. The number of piperidine rings is 1. The summed E-state index contributed by atoms with van der Waals surface area (Å²) in [7, 11) is 3.08. The van der Waals surface area contributed by atoms with Crippen LogP contribution in [0.3, 0.4) is 0 Å². The Morgan fingerprint density at radius 2 is 1.54 bits per heavy atom. The van der Waals surface area contributed by atoms with Crippen molar-refractivity contribution >= 4 is 6.03 Å². The van der Waals surface area contributed by atoms with Gasteiger partial charge in [-0.3, -0.25) is 4.57 Å². The third kappa shape index (κ3) is 3.57. The first-order chi connectivity index (χ1) is 12.2. The summed E-state index contributed by atoms with van der Waals surface area (Å²) < 4.78 is 40.2. The Hall–Kier alpha value is -2.04. The van der Waals surface area contributed by atoms with Gasteiger partial charge in [-0.2, -0.15) is 13.2 Å². The first kappa shape index (κ1) is 18.7. The van der Waals surface area contributed by atoms with Crippen LogP contribution in [0.25, 0.3) is 0 Å². The van der Waals surface area contributed by atoms with Gasteiger partial charge in [0.15, 0.2) is 0 Å². The van der Waals surface area contributed by atoms with Crippen molar-refractivity contribution in [2.75, 3.05) is 46.3 Å². The minimum Gasteiger partial charge on any atom is -0.324 e. The number of piperazine rings is 1. The fourth-order valence-corrected chi connectivity index (χ4v) is 3.44. The van der Waals surface area contributed by atoms with E-state index in [4.69, 9.17) is 0 Å². The smallest absolute Gasteiger partial charge is 0.324 e. The molecule has 8 nitrogen and oxygen atoms in total. The van der Waals surface area contributed by atoms with Crippen molar-refractivity contribution in [1.82, 2.24) is 29.0 Å². The summed E-state index contributed by atoms with van der Waals surface area (Å²) in [5, 5.41) is 3.50. The van der Waals surface area contributed by atoms with E-state index in [9.17, 15) is 22.8 Å². The van der Waals surface area contributed by atoms with E-state index in [0.29, 0.717) is 43.6 Å². The number of likely N-dealkylation sites (N-methyl/N-ethyl adjacent to an activating group) is 1. The number of halogens is 3. The van der Waals surface area contributed by atoms with E-state index in [1.165, 1.54) is 0 Å². The molecule has 146 valence electrons. The highest BCUT2D eigenvalue weighted by molar-refractivity contribution is 5.74. The fraction of sp³-hybridized carbons (Fsp3) is 0.800. The average Bonchev–Trinajstić information content (AvgIpc) is 2.91. The molecule has 0 unspecified atom stereocenters. The summed E-state index contributed by atoms with van der Waals surface area (Å²) in [6.45, 7) is 3.80. The highest BCUT2D eigenvalue weighted by atomic mass is 19.4. The van der Waals surface area contributed by atoms with E-state index in [0.717, 1.165) is 24.8 Å². The summed E-state index contributed by atoms with van der Waals surface area (Å²) in [6, 6.07) is -0.470. The summed E-state index contributed by atoms with van der Waals surface area (Å²) >= 11 is 0. The lowest BCUT2D eigenvalue weighted by molar-refractivity contribution is -0.147. The molecule has 0 aromatic carbocycles. The van der Waals surface area contributed by atoms with Crippen LogP contribution < -0.4 is 5.69 Å². The van der Waals surface area contributed by atoms with E-state index in [-0.39, 0.29) is 6.03 Å². The number of likely N-dealkylation sites (tertiary alicyclic amines) is 1. The Morgan fingerprint density at radius 3 is 2.04 bits per heavy atom. The van der Waals surface area contributed by atoms with E-state index in [2.05, 4.69) is 10.00 Å². The maximum atomic E-state index is 12.9. The third-order valence-electron chi connectivity index (χ3n) is 5.11. The molecule has 0 spiro atoms. The van der Waals surface area contributed by atoms with E-state index < -0.39 is 23.7 Å². The number of carbonyl (C=O) groups is 1. The molecule has 3 heterocycles. The molecule has 0 aliphatic carbocycles. The SMILES string of the molecule is CN1CCN(C(=O)N2CCC(n3nc(C(F)(F)F)n(C)c3=O)CC2)CC1. The van der Waals surface area contributed by atoms with Crippen LogP contribution in [-0.4, -0.2) is 81.4 Å². The number of rotatable bonds is 1. The molecular weight excluding hydrogens is 353 g/mol. The number of alkyl halides is 3. The van der Waals surface area contributed by atoms with Crippen LogP contribution in [0.1, 0.15) is 24.7 Å². The highest BCUT2D eigenvalue weighted by Crippen LogP contribution is 2.28. The summed E-state index contributed by atoms with van der Waals surface area (Å²) in [6.07, 6.45) is -3.85. The Morgan fingerprint density at radius 1 is 1.00 bits per heavy atom. The molecular formula is C15H23F3N6O2. The molecule has 2 fully saturated rings. The third-order valence-corrected chi connectivity index (χ3v) is 5.11. The Bertz CT molecular complexity index is 712. The second kappa shape index (κ2) is 6.93. The van der Waals surface area contributed by atoms with Crippen LogP contribution in [0.4, 0.5) is 18.0 Å². The molecule has 2 saturated heterocycles. The van der Waals surface area contributed by atoms with Gasteiger partial charge in [-0.25, -0.2) is 14.3 Å². The zero-order valence-electron chi connectivity index (χ0n) is 14.9. The molecule has 0 bridgehead atoms. The lowest BCUT2D eigenvalue weighted by Crippen LogP contribution is -2.53. The molecule has 0 N–H and O–H groups in total. The van der Waals surface area contributed by atoms with Gasteiger partial charge >= 0.3 is 17.9 Å². The average molecular weight is 376 g/mol. The van der Waals surface area contributed by atoms with Crippen molar-refractivity contribution in [3.8, 4) is 0 Å². The second-order valence-electron chi connectivity index (χ2n) is 6.90. The minimum atomic E-state index is -4.67. The number of nitrogens with zero attached hydrogens (tertiary/aromatic N) is 6. The molecule has 26 heavy (non-hydrogen) atoms. The summed E-state index contributed by atoms with van der Waals surface area (Å²) in [5.41, 5.74) is -0.777. The number of amides is 2. The van der Waals surface area contributed by atoms with E-state index >= 15 is 0 Å². The summed E-state index contributed by atoms with van der Waals surface area (Å²) in [5.74, 6) is -1.20. The van der Waals surface area contributed by atoms with E-state index in [1.807, 2.05) is 7.05 Å². The van der Waals surface area contributed by atoms with Gasteiger partial charge in [0.2, 0.25) is 5.82 Å². The van der Waals surface area contributed by atoms with Gasteiger partial charge in [0.05, 0.1) is 6.04 Å². The fourth-order valence-electron chi connectivity index (χ4n) is 3.44. The van der Waals surface area contributed by atoms with Gasteiger partial charge in [0, 0.05) is 46.3 Å². The molecule has 2 aliphatic rings. The largest absolute Gasteiger partial charge is 0.451 e. The van der Waals surface area contributed by atoms with Crippen molar-refractivity contribution in [1.29, 1.82) is 0 Å². The van der Waals surface area contributed by atoms with Crippen molar-refractivity contribution < 1.29 is 18.0 Å². The molecule has 1 aromatic heterocycles. The van der Waals surface area contributed by atoms with Crippen LogP contribution in [0.2, 0.25) is 0 Å².